The minimum absolute atomic E-state index is 0.121. The molecule has 2 atom stereocenters. The lowest BCUT2D eigenvalue weighted by Gasteiger charge is -2.27. The fourth-order valence-electron chi connectivity index (χ4n) is 4.88. The molecule has 1 fully saturated rings. The van der Waals surface area contributed by atoms with Gasteiger partial charge in [-0.25, -0.2) is 19.7 Å². The molecular weight excluding hydrogens is 468 g/mol. The smallest absolute Gasteiger partial charge is 0.407 e. The average Bonchev–Trinajstić information content (AvgIpc) is 3.60. The predicted molar refractivity (Wildman–Crippen MR) is 132 cm³/mol. The van der Waals surface area contributed by atoms with E-state index in [0.29, 0.717) is 38.5 Å². The van der Waals surface area contributed by atoms with Crippen LogP contribution in [-0.2, 0) is 11.2 Å². The zero-order valence-corrected chi connectivity index (χ0v) is 20.2. The number of nitrogens with zero attached hydrogens (tertiary/aromatic N) is 4. The first-order valence-electron chi connectivity index (χ1n) is 11.5. The van der Waals surface area contributed by atoms with Crippen molar-refractivity contribution in [2.24, 2.45) is 0 Å². The first-order valence-corrected chi connectivity index (χ1v) is 12.3. The maximum atomic E-state index is 11.9. The summed E-state index contributed by atoms with van der Waals surface area (Å²) in [4.78, 5) is 27.4. The molecule has 4 heterocycles. The molecule has 1 amide bonds. The van der Waals surface area contributed by atoms with Crippen LogP contribution in [0, 0.1) is 6.92 Å². The second kappa shape index (κ2) is 8.62. The van der Waals surface area contributed by atoms with Crippen LogP contribution in [0.1, 0.15) is 17.5 Å². The second-order valence-electron chi connectivity index (χ2n) is 8.90. The van der Waals surface area contributed by atoms with Crippen molar-refractivity contribution < 1.29 is 24.1 Å². The molecule has 2 aliphatic rings. The number of aryl methyl sites for hydroxylation is 1. The molecule has 2 aromatic carbocycles. The van der Waals surface area contributed by atoms with Crippen molar-refractivity contribution in [3.8, 4) is 22.2 Å². The van der Waals surface area contributed by atoms with Crippen LogP contribution in [0.15, 0.2) is 30.5 Å². The molecule has 1 N–H and O–H groups in total. The minimum atomic E-state index is -0.936. The van der Waals surface area contributed by atoms with Gasteiger partial charge in [0.05, 0.1) is 53.8 Å². The van der Waals surface area contributed by atoms with E-state index < -0.39 is 6.09 Å². The Labute approximate surface area is 205 Å². The topological polar surface area (TPSA) is 107 Å². The molecule has 0 unspecified atom stereocenters. The number of amides is 1. The van der Waals surface area contributed by atoms with Gasteiger partial charge in [-0.2, -0.15) is 0 Å². The highest BCUT2D eigenvalue weighted by atomic mass is 32.1. The van der Waals surface area contributed by atoms with E-state index >= 15 is 0 Å². The minimum Gasteiger partial charge on any atom is -0.488 e. The summed E-state index contributed by atoms with van der Waals surface area (Å²) in [6.45, 7) is 3.37. The monoisotopic (exact) mass is 492 g/mol. The van der Waals surface area contributed by atoms with Gasteiger partial charge in [-0.3, -0.25) is 4.90 Å². The van der Waals surface area contributed by atoms with Gasteiger partial charge in [0.15, 0.2) is 0 Å². The number of hydrogen-bond donors (Lipinski definition) is 1. The number of carbonyl (C=O) groups is 1. The SMILES string of the molecule is COc1cnc2c(-c3nc4ccc5c(c4s3)C[C@@H](CN(C(=O)O)[C@@H]3CCOC3)O5)cc(C)cc2n1. The van der Waals surface area contributed by atoms with E-state index in [9.17, 15) is 9.90 Å². The van der Waals surface area contributed by atoms with E-state index in [1.165, 1.54) is 4.90 Å². The van der Waals surface area contributed by atoms with E-state index in [4.69, 9.17) is 19.2 Å². The maximum absolute atomic E-state index is 11.9. The highest BCUT2D eigenvalue weighted by Gasteiger charge is 2.34. The number of rotatable bonds is 5. The summed E-state index contributed by atoms with van der Waals surface area (Å²) in [5.41, 5.74) is 5.50. The van der Waals surface area contributed by atoms with Crippen LogP contribution in [0.25, 0.3) is 31.8 Å². The molecule has 0 bridgehead atoms. The van der Waals surface area contributed by atoms with E-state index in [0.717, 1.165) is 48.7 Å². The summed E-state index contributed by atoms with van der Waals surface area (Å²) in [7, 11) is 1.58. The van der Waals surface area contributed by atoms with Crippen LogP contribution < -0.4 is 9.47 Å². The van der Waals surface area contributed by atoms with Gasteiger partial charge in [0.25, 0.3) is 0 Å². The second-order valence-corrected chi connectivity index (χ2v) is 9.90. The largest absolute Gasteiger partial charge is 0.488 e. The van der Waals surface area contributed by atoms with Gasteiger partial charge in [0.2, 0.25) is 5.88 Å². The molecule has 2 aliphatic heterocycles. The number of methoxy groups -OCH3 is 1. The van der Waals surface area contributed by atoms with Gasteiger partial charge in [0, 0.05) is 24.2 Å². The van der Waals surface area contributed by atoms with Crippen LogP contribution in [0.3, 0.4) is 0 Å². The fraction of sp³-hybridized carbons (Fsp3) is 0.360. The summed E-state index contributed by atoms with van der Waals surface area (Å²) in [6.07, 6.45) is 1.80. The normalized spacial score (nSPS) is 19.1. The summed E-state index contributed by atoms with van der Waals surface area (Å²) in [5.74, 6) is 1.27. The highest BCUT2D eigenvalue weighted by Crippen LogP contribution is 2.42. The van der Waals surface area contributed by atoms with Gasteiger partial charge in [-0.05, 0) is 43.2 Å². The van der Waals surface area contributed by atoms with E-state index in [1.807, 2.05) is 25.1 Å². The molecule has 6 rings (SSSR count). The summed E-state index contributed by atoms with van der Waals surface area (Å²) in [6, 6.07) is 7.84. The Morgan fingerprint density at radius 3 is 2.94 bits per heavy atom. The number of ether oxygens (including phenoxy) is 3. The summed E-state index contributed by atoms with van der Waals surface area (Å²) >= 11 is 1.60. The van der Waals surface area contributed by atoms with E-state index in [2.05, 4.69) is 16.0 Å². The van der Waals surface area contributed by atoms with Crippen LogP contribution in [0.4, 0.5) is 4.79 Å². The zero-order chi connectivity index (χ0) is 24.1. The molecule has 0 aliphatic carbocycles. The third-order valence-electron chi connectivity index (χ3n) is 6.54. The first kappa shape index (κ1) is 22.0. The number of aromatic nitrogens is 3. The van der Waals surface area contributed by atoms with Crippen molar-refractivity contribution in [3.05, 3.63) is 41.6 Å². The van der Waals surface area contributed by atoms with Crippen LogP contribution in [0.2, 0.25) is 0 Å². The molecule has 0 saturated carbocycles. The Balaban J connectivity index is 1.34. The molecule has 9 nitrogen and oxygen atoms in total. The van der Waals surface area contributed by atoms with Crippen molar-refractivity contribution >= 4 is 38.7 Å². The molecule has 35 heavy (non-hydrogen) atoms. The van der Waals surface area contributed by atoms with Gasteiger partial charge in [-0.1, -0.05) is 0 Å². The van der Waals surface area contributed by atoms with Crippen molar-refractivity contribution in [3.63, 3.8) is 0 Å². The molecule has 4 aromatic rings. The first-order chi connectivity index (χ1) is 17.0. The Kier molecular flexibility index (Phi) is 5.42. The standard InChI is InChI=1S/C25H24N4O5S/c1-13-7-17(22-19(8-13)27-21(32-2)10-26-22)24-28-18-3-4-20-16(23(18)35-24)9-15(34-20)11-29(25(30)31)14-5-6-33-12-14/h3-4,7-8,10,14-15H,5-6,9,11-12H2,1-2H3,(H,30,31)/t14-,15+/m1/s1. The number of fused-ring (bicyclic) bond motifs is 4. The Morgan fingerprint density at radius 1 is 1.29 bits per heavy atom. The maximum Gasteiger partial charge on any atom is 0.407 e. The third kappa shape index (κ3) is 3.92. The van der Waals surface area contributed by atoms with Gasteiger partial charge in [0.1, 0.15) is 16.9 Å². The van der Waals surface area contributed by atoms with Crippen molar-refractivity contribution in [1.82, 2.24) is 19.9 Å². The quantitative estimate of drug-likeness (QED) is 0.440. The molecule has 2 aromatic heterocycles. The van der Waals surface area contributed by atoms with E-state index in [1.54, 1.807) is 24.6 Å². The molecule has 180 valence electrons. The van der Waals surface area contributed by atoms with Crippen molar-refractivity contribution in [1.29, 1.82) is 0 Å². The third-order valence-corrected chi connectivity index (χ3v) is 7.71. The fourth-order valence-corrected chi connectivity index (χ4v) is 6.01. The molecular formula is C25H24N4O5S. The van der Waals surface area contributed by atoms with Gasteiger partial charge in [-0.15, -0.1) is 11.3 Å². The van der Waals surface area contributed by atoms with Crippen LogP contribution in [-0.4, -0.2) is 70.1 Å². The van der Waals surface area contributed by atoms with Crippen molar-refractivity contribution in [2.75, 3.05) is 26.9 Å². The molecule has 10 heteroatoms. The van der Waals surface area contributed by atoms with Gasteiger partial charge < -0.3 is 19.3 Å². The number of hydrogen-bond acceptors (Lipinski definition) is 8. The lowest BCUT2D eigenvalue weighted by molar-refractivity contribution is 0.0859. The van der Waals surface area contributed by atoms with Crippen LogP contribution >= 0.6 is 11.3 Å². The molecule has 0 radical (unpaired) electrons. The van der Waals surface area contributed by atoms with Crippen LogP contribution in [0.5, 0.6) is 11.6 Å². The number of thiazole rings is 1. The lowest BCUT2D eigenvalue weighted by Crippen LogP contribution is -2.45. The zero-order valence-electron chi connectivity index (χ0n) is 19.4. The summed E-state index contributed by atoms with van der Waals surface area (Å²) < 4.78 is 17.9. The lowest BCUT2D eigenvalue weighted by atomic mass is 10.1. The average molecular weight is 493 g/mol. The molecule has 0 spiro atoms. The number of carboxylic acid groups (broad SMARTS) is 1. The summed E-state index contributed by atoms with van der Waals surface area (Å²) in [5, 5.41) is 10.6. The van der Waals surface area contributed by atoms with Gasteiger partial charge >= 0.3 is 6.09 Å². The van der Waals surface area contributed by atoms with Crippen molar-refractivity contribution in [2.45, 2.75) is 31.9 Å². The molecule has 1 saturated heterocycles. The highest BCUT2D eigenvalue weighted by molar-refractivity contribution is 7.22. The Morgan fingerprint density at radius 2 is 2.17 bits per heavy atom. The van der Waals surface area contributed by atoms with E-state index in [-0.39, 0.29) is 12.1 Å². The Bertz CT molecular complexity index is 1450. The predicted octanol–water partition coefficient (Wildman–Crippen LogP) is 4.30. The Hall–Kier alpha value is -3.50. The number of benzene rings is 2.